The highest BCUT2D eigenvalue weighted by Gasteiger charge is 2.17. The van der Waals surface area contributed by atoms with Crippen LogP contribution in [0.5, 0.6) is 0 Å². The number of nitrogens with two attached hydrogens (primary N) is 1. The number of hydrogen-bond acceptors (Lipinski definition) is 3. The van der Waals surface area contributed by atoms with Gasteiger partial charge in [0, 0.05) is 12.3 Å². The molecule has 0 rings (SSSR count). The molecule has 0 saturated heterocycles. The lowest BCUT2D eigenvalue weighted by Gasteiger charge is -2.20. The van der Waals surface area contributed by atoms with Gasteiger partial charge in [-0.2, -0.15) is 11.8 Å². The van der Waals surface area contributed by atoms with Gasteiger partial charge in [-0.25, -0.2) is 0 Å². The van der Waals surface area contributed by atoms with E-state index in [1.54, 1.807) is 18.7 Å². The van der Waals surface area contributed by atoms with Gasteiger partial charge < -0.3 is 10.8 Å². The molecule has 0 heterocycles. The molecular weight excluding hydrogens is 170 g/mol. The fourth-order valence-corrected chi connectivity index (χ4v) is 2.01. The Labute approximate surface area is 79.9 Å². The van der Waals surface area contributed by atoms with E-state index in [0.29, 0.717) is 6.54 Å². The van der Waals surface area contributed by atoms with Crippen LogP contribution in [0.1, 0.15) is 27.2 Å². The van der Waals surface area contributed by atoms with Crippen LogP contribution in [-0.2, 0) is 0 Å². The number of rotatable bonds is 6. The molecule has 0 bridgehead atoms. The van der Waals surface area contributed by atoms with E-state index in [9.17, 15) is 5.11 Å². The molecule has 0 aromatic rings. The predicted molar refractivity (Wildman–Crippen MR) is 56.5 cm³/mol. The third-order valence-corrected chi connectivity index (χ3v) is 3.04. The molecule has 2 nitrogen and oxygen atoms in total. The summed E-state index contributed by atoms with van der Waals surface area (Å²) in [4.78, 5) is 0. The maximum atomic E-state index is 9.54. The molecule has 0 spiro atoms. The quantitative estimate of drug-likeness (QED) is 0.625. The minimum absolute atomic E-state index is 0.349. The second-order valence-corrected chi connectivity index (χ2v) is 5.04. The van der Waals surface area contributed by atoms with Crippen molar-refractivity contribution in [3.63, 3.8) is 0 Å². The molecule has 3 heteroatoms. The van der Waals surface area contributed by atoms with E-state index in [4.69, 9.17) is 5.73 Å². The lowest BCUT2D eigenvalue weighted by molar-refractivity contribution is 0.0949. The van der Waals surface area contributed by atoms with Crippen molar-refractivity contribution in [1.82, 2.24) is 0 Å². The SMILES string of the molecule is CC(C)CCSCC(C)(O)CN. The Morgan fingerprint density at radius 2 is 2.08 bits per heavy atom. The summed E-state index contributed by atoms with van der Waals surface area (Å²) >= 11 is 1.78. The van der Waals surface area contributed by atoms with Crippen LogP contribution in [0, 0.1) is 5.92 Å². The van der Waals surface area contributed by atoms with Gasteiger partial charge in [0.1, 0.15) is 0 Å². The zero-order valence-electron chi connectivity index (χ0n) is 8.34. The number of thioether (sulfide) groups is 1. The van der Waals surface area contributed by atoms with E-state index in [1.165, 1.54) is 6.42 Å². The summed E-state index contributed by atoms with van der Waals surface area (Å²) in [7, 11) is 0. The topological polar surface area (TPSA) is 46.2 Å². The summed E-state index contributed by atoms with van der Waals surface area (Å²) in [5, 5.41) is 9.54. The van der Waals surface area contributed by atoms with E-state index < -0.39 is 5.60 Å². The Bertz CT molecular complexity index is 115. The van der Waals surface area contributed by atoms with Gasteiger partial charge in [-0.15, -0.1) is 0 Å². The van der Waals surface area contributed by atoms with Crippen molar-refractivity contribution in [2.75, 3.05) is 18.1 Å². The van der Waals surface area contributed by atoms with Gasteiger partial charge in [-0.1, -0.05) is 13.8 Å². The molecule has 0 fully saturated rings. The second kappa shape index (κ2) is 5.84. The van der Waals surface area contributed by atoms with Gasteiger partial charge in [0.15, 0.2) is 0 Å². The third-order valence-electron chi connectivity index (χ3n) is 1.69. The minimum Gasteiger partial charge on any atom is -0.388 e. The molecule has 1 atom stereocenters. The molecule has 0 aliphatic heterocycles. The standard InChI is InChI=1S/C9H21NOS/c1-8(2)4-5-12-7-9(3,11)6-10/h8,11H,4-7,10H2,1-3H3. The van der Waals surface area contributed by atoms with E-state index in [0.717, 1.165) is 17.4 Å². The first-order chi connectivity index (χ1) is 5.48. The van der Waals surface area contributed by atoms with E-state index in [1.807, 2.05) is 0 Å². The zero-order chi connectivity index (χ0) is 9.61. The average molecular weight is 191 g/mol. The van der Waals surface area contributed by atoms with Crippen molar-refractivity contribution in [3.8, 4) is 0 Å². The monoisotopic (exact) mass is 191 g/mol. The summed E-state index contributed by atoms with van der Waals surface area (Å²) in [6.45, 7) is 6.56. The predicted octanol–water partition coefficient (Wildman–Crippen LogP) is 1.48. The Hall–Kier alpha value is 0.270. The van der Waals surface area contributed by atoms with Crippen LogP contribution in [0.25, 0.3) is 0 Å². The normalized spacial score (nSPS) is 16.5. The molecule has 74 valence electrons. The molecule has 0 aliphatic carbocycles. The first kappa shape index (κ1) is 12.3. The Morgan fingerprint density at radius 1 is 1.50 bits per heavy atom. The van der Waals surface area contributed by atoms with Crippen LogP contribution in [0.4, 0.5) is 0 Å². The first-order valence-corrected chi connectivity index (χ1v) is 5.63. The zero-order valence-corrected chi connectivity index (χ0v) is 9.16. The molecule has 0 saturated carbocycles. The van der Waals surface area contributed by atoms with Crippen molar-refractivity contribution < 1.29 is 5.11 Å². The third kappa shape index (κ3) is 6.95. The Balaban J connectivity index is 3.31. The van der Waals surface area contributed by atoms with E-state index in [-0.39, 0.29) is 0 Å². The fraction of sp³-hybridized carbons (Fsp3) is 1.00. The number of hydrogen-bond donors (Lipinski definition) is 2. The highest BCUT2D eigenvalue weighted by Crippen LogP contribution is 2.14. The average Bonchev–Trinajstić information content (AvgIpc) is 1.98. The van der Waals surface area contributed by atoms with E-state index in [2.05, 4.69) is 13.8 Å². The molecule has 0 radical (unpaired) electrons. The summed E-state index contributed by atoms with van der Waals surface area (Å²) in [5.74, 6) is 2.62. The second-order valence-electron chi connectivity index (χ2n) is 3.94. The Kier molecular flexibility index (Phi) is 5.97. The summed E-state index contributed by atoms with van der Waals surface area (Å²) < 4.78 is 0. The maximum absolute atomic E-state index is 9.54. The molecule has 0 aliphatic rings. The first-order valence-electron chi connectivity index (χ1n) is 4.48. The smallest absolute Gasteiger partial charge is 0.0831 e. The Morgan fingerprint density at radius 3 is 2.50 bits per heavy atom. The van der Waals surface area contributed by atoms with Crippen LogP contribution in [0.3, 0.4) is 0 Å². The van der Waals surface area contributed by atoms with Crippen LogP contribution in [0.2, 0.25) is 0 Å². The molecule has 0 aromatic carbocycles. The molecule has 1 unspecified atom stereocenters. The molecule has 3 N–H and O–H groups in total. The van der Waals surface area contributed by atoms with Crippen LogP contribution >= 0.6 is 11.8 Å². The summed E-state index contributed by atoms with van der Waals surface area (Å²) in [5.41, 5.74) is 4.71. The van der Waals surface area contributed by atoms with Gasteiger partial charge in [0.2, 0.25) is 0 Å². The lowest BCUT2D eigenvalue weighted by atomic mass is 10.1. The lowest BCUT2D eigenvalue weighted by Crippen LogP contribution is -2.36. The van der Waals surface area contributed by atoms with Crippen LogP contribution in [0.15, 0.2) is 0 Å². The van der Waals surface area contributed by atoms with Gasteiger partial charge in [0.05, 0.1) is 5.60 Å². The number of aliphatic hydroxyl groups is 1. The molecular formula is C9H21NOS. The highest BCUT2D eigenvalue weighted by molar-refractivity contribution is 7.99. The summed E-state index contributed by atoms with van der Waals surface area (Å²) in [6.07, 6.45) is 1.21. The highest BCUT2D eigenvalue weighted by atomic mass is 32.2. The fourth-order valence-electron chi connectivity index (χ4n) is 0.670. The molecule has 12 heavy (non-hydrogen) atoms. The molecule has 0 amide bonds. The summed E-state index contributed by atoms with van der Waals surface area (Å²) in [6, 6.07) is 0. The maximum Gasteiger partial charge on any atom is 0.0831 e. The molecule has 0 aromatic heterocycles. The minimum atomic E-state index is -0.679. The largest absolute Gasteiger partial charge is 0.388 e. The van der Waals surface area contributed by atoms with Crippen molar-refractivity contribution in [2.45, 2.75) is 32.8 Å². The van der Waals surface area contributed by atoms with Gasteiger partial charge in [0.25, 0.3) is 0 Å². The van der Waals surface area contributed by atoms with Crippen molar-refractivity contribution in [2.24, 2.45) is 11.7 Å². The van der Waals surface area contributed by atoms with Gasteiger partial charge in [-0.05, 0) is 25.0 Å². The van der Waals surface area contributed by atoms with Gasteiger partial charge >= 0.3 is 0 Å². The van der Waals surface area contributed by atoms with Crippen LogP contribution in [-0.4, -0.2) is 28.8 Å². The van der Waals surface area contributed by atoms with E-state index >= 15 is 0 Å². The van der Waals surface area contributed by atoms with Crippen LogP contribution < -0.4 is 5.73 Å². The van der Waals surface area contributed by atoms with Crippen molar-refractivity contribution >= 4 is 11.8 Å². The van der Waals surface area contributed by atoms with Crippen molar-refractivity contribution in [3.05, 3.63) is 0 Å². The van der Waals surface area contributed by atoms with Gasteiger partial charge in [-0.3, -0.25) is 0 Å². The van der Waals surface area contributed by atoms with Crippen molar-refractivity contribution in [1.29, 1.82) is 0 Å².